The second-order valence-electron chi connectivity index (χ2n) is 17.9. The predicted molar refractivity (Wildman–Crippen MR) is 217 cm³/mol. The molecule has 0 aliphatic carbocycles. The van der Waals surface area contributed by atoms with E-state index in [1.165, 1.54) is 0 Å². The van der Waals surface area contributed by atoms with Crippen molar-refractivity contribution >= 4 is 34.2 Å². The van der Waals surface area contributed by atoms with Gasteiger partial charge in [0, 0.05) is 29.7 Å². The number of benzene rings is 2. The van der Waals surface area contributed by atoms with E-state index in [1.807, 2.05) is 90.9 Å². The van der Waals surface area contributed by atoms with Crippen molar-refractivity contribution in [3.63, 3.8) is 0 Å². The van der Waals surface area contributed by atoms with E-state index in [1.54, 1.807) is 13.8 Å². The van der Waals surface area contributed by atoms with Crippen LogP contribution < -0.4 is 0 Å². The molecule has 0 spiro atoms. The number of cyclic esters (lactones) is 1. The third kappa shape index (κ3) is 9.14. The summed E-state index contributed by atoms with van der Waals surface area (Å²) in [6.07, 6.45) is -3.59. The Labute approximate surface area is 343 Å². The fourth-order valence-electron chi connectivity index (χ4n) is 9.93. The molecule has 4 saturated heterocycles. The SMILES string of the molecule is CC[C@H]1OC(=O)[C@H](C)[C@H]2OC/C(=N/OCc3ccc4ccccc4c3)CO[C@](C)(C[C@@H](C)C(=O)[C@H](C)[C@@H]3CC(=O)O[C@]13C)[C@H](O[C@@H]1O[C@H](C)C[C@H](N(C)C)[C@H]1O)[C@H]2C. The summed E-state index contributed by atoms with van der Waals surface area (Å²) < 4.78 is 39.1. The third-order valence-electron chi connectivity index (χ3n) is 13.2. The highest BCUT2D eigenvalue weighted by molar-refractivity contribution is 5.87. The Hall–Kier alpha value is -3.46. The van der Waals surface area contributed by atoms with E-state index in [-0.39, 0.29) is 50.6 Å². The van der Waals surface area contributed by atoms with Gasteiger partial charge in [0.1, 0.15) is 35.9 Å². The molecule has 0 amide bonds. The van der Waals surface area contributed by atoms with Gasteiger partial charge in [-0.1, -0.05) is 69.2 Å². The maximum absolute atomic E-state index is 14.6. The minimum Gasteiger partial charge on any atom is -0.458 e. The number of hydrogen-bond donors (Lipinski definition) is 1. The first-order chi connectivity index (χ1) is 27.4. The number of carbonyl (C=O) groups excluding carboxylic acids is 3. The lowest BCUT2D eigenvalue weighted by Crippen LogP contribution is -2.60. The number of esters is 2. The number of oxime groups is 1. The van der Waals surface area contributed by atoms with Crippen molar-refractivity contribution in [1.82, 2.24) is 4.90 Å². The molecule has 14 atom stereocenters. The first-order valence-corrected chi connectivity index (χ1v) is 21.0. The highest BCUT2D eigenvalue weighted by atomic mass is 16.7. The second kappa shape index (κ2) is 18.0. The first-order valence-electron chi connectivity index (χ1n) is 21.0. The molecule has 4 aliphatic rings. The van der Waals surface area contributed by atoms with Crippen molar-refractivity contribution in [3.8, 4) is 0 Å². The van der Waals surface area contributed by atoms with E-state index in [9.17, 15) is 19.5 Å². The highest BCUT2D eigenvalue weighted by Crippen LogP contribution is 2.46. The molecule has 320 valence electrons. The minimum absolute atomic E-state index is 0.0309. The van der Waals surface area contributed by atoms with Crippen LogP contribution in [0.1, 0.15) is 86.6 Å². The minimum atomic E-state index is -1.22. The van der Waals surface area contributed by atoms with Gasteiger partial charge in [0.05, 0.1) is 49.5 Å². The van der Waals surface area contributed by atoms with Gasteiger partial charge in [-0.15, -0.1) is 0 Å². The molecular formula is C45H64N2O11. The first kappa shape index (κ1) is 44.1. The molecule has 2 bridgehead atoms. The standard InChI is InChI=1S/C45H64N2O11/c1-11-36-45(8)34(20-37(48)58-45)27(4)38(49)25(2)21-44(7)41(57-43-39(50)35(47(9)10)18-26(3)55-43)28(5)40(29(6)42(51)56-36)52-23-33(24-53-44)46-54-22-30-16-17-31-14-12-13-15-32(31)19-30/h12-17,19,25-29,34-36,39-41,43,50H,11,18,20-24H2,1-10H3/b46-33-/t25-,26-,27-,28+,29-,34+,35+,36-,39-,40+,41-,43+,44-,45+/m1/s1. The van der Waals surface area contributed by atoms with Gasteiger partial charge >= 0.3 is 11.9 Å². The lowest BCUT2D eigenvalue weighted by Gasteiger charge is -2.48. The Balaban J connectivity index is 1.40. The van der Waals surface area contributed by atoms with Crippen molar-refractivity contribution < 1.29 is 52.7 Å². The Bertz CT molecular complexity index is 1820. The molecule has 2 aromatic rings. The smallest absolute Gasteiger partial charge is 0.311 e. The molecule has 0 radical (unpaired) electrons. The zero-order valence-electron chi connectivity index (χ0n) is 35.8. The Morgan fingerprint density at radius 3 is 2.40 bits per heavy atom. The van der Waals surface area contributed by atoms with Crippen molar-refractivity contribution in [2.45, 2.75) is 142 Å². The Morgan fingerprint density at radius 1 is 0.966 bits per heavy atom. The molecular weight excluding hydrogens is 744 g/mol. The van der Waals surface area contributed by atoms with Crippen LogP contribution in [0.25, 0.3) is 10.8 Å². The summed E-state index contributed by atoms with van der Waals surface area (Å²) in [5.41, 5.74) is -1.05. The number of carbonyl (C=O) groups is 3. The predicted octanol–water partition coefficient (Wildman–Crippen LogP) is 5.86. The number of aliphatic hydroxyl groups excluding tert-OH is 1. The average molecular weight is 809 g/mol. The Morgan fingerprint density at radius 2 is 1.69 bits per heavy atom. The molecule has 4 fully saturated rings. The van der Waals surface area contributed by atoms with Gasteiger partial charge in [-0.2, -0.15) is 0 Å². The number of likely N-dealkylation sites (N-methyl/N-ethyl adjacent to an activating group) is 1. The van der Waals surface area contributed by atoms with Gasteiger partial charge in [-0.25, -0.2) is 0 Å². The molecule has 4 heterocycles. The molecule has 13 heteroatoms. The van der Waals surface area contributed by atoms with Crippen molar-refractivity contribution in [2.24, 2.45) is 34.7 Å². The van der Waals surface area contributed by atoms with Crippen LogP contribution in [0, 0.1) is 29.6 Å². The number of Topliss-reactive ketones (excluding diaryl/α,β-unsaturated/α-hetero) is 1. The number of ketones is 1. The van der Waals surface area contributed by atoms with Crippen LogP contribution in [-0.2, 0) is 54.2 Å². The van der Waals surface area contributed by atoms with Gasteiger partial charge in [0.15, 0.2) is 6.29 Å². The van der Waals surface area contributed by atoms with Crippen molar-refractivity contribution in [1.29, 1.82) is 0 Å². The zero-order chi connectivity index (χ0) is 42.1. The van der Waals surface area contributed by atoms with Crippen LogP contribution in [0.4, 0.5) is 0 Å². The molecule has 4 aliphatic heterocycles. The lowest BCUT2D eigenvalue weighted by atomic mass is 9.70. The maximum atomic E-state index is 14.6. The van der Waals surface area contributed by atoms with E-state index in [0.29, 0.717) is 18.6 Å². The maximum Gasteiger partial charge on any atom is 0.311 e. The van der Waals surface area contributed by atoms with E-state index in [4.69, 9.17) is 33.3 Å². The van der Waals surface area contributed by atoms with Crippen LogP contribution in [0.2, 0.25) is 0 Å². The van der Waals surface area contributed by atoms with Gasteiger partial charge in [-0.05, 0) is 83.5 Å². The number of fused-ring (bicyclic) bond motifs is 5. The fourth-order valence-corrected chi connectivity index (χ4v) is 9.93. The zero-order valence-corrected chi connectivity index (χ0v) is 35.8. The van der Waals surface area contributed by atoms with Gasteiger partial charge < -0.3 is 43.3 Å². The summed E-state index contributed by atoms with van der Waals surface area (Å²) >= 11 is 0. The Kier molecular flexibility index (Phi) is 13.7. The van der Waals surface area contributed by atoms with Crippen molar-refractivity contribution in [2.75, 3.05) is 27.3 Å². The lowest BCUT2D eigenvalue weighted by molar-refractivity contribution is -0.302. The molecule has 0 saturated carbocycles. The topological polar surface area (TPSA) is 152 Å². The quantitative estimate of drug-likeness (QED) is 0.264. The summed E-state index contributed by atoms with van der Waals surface area (Å²) in [6, 6.07) is 13.9. The van der Waals surface area contributed by atoms with Gasteiger partial charge in [0.25, 0.3) is 0 Å². The van der Waals surface area contributed by atoms with Crippen molar-refractivity contribution in [3.05, 3.63) is 48.0 Å². The molecule has 1 N–H and O–H groups in total. The van der Waals surface area contributed by atoms with Crippen LogP contribution >= 0.6 is 0 Å². The van der Waals surface area contributed by atoms with E-state index in [0.717, 1.165) is 16.3 Å². The number of hydrogen-bond acceptors (Lipinski definition) is 13. The summed E-state index contributed by atoms with van der Waals surface area (Å²) in [6.45, 7) is 15.0. The van der Waals surface area contributed by atoms with Crippen LogP contribution in [0.3, 0.4) is 0 Å². The van der Waals surface area contributed by atoms with Gasteiger partial charge in [0.2, 0.25) is 0 Å². The monoisotopic (exact) mass is 808 g/mol. The largest absolute Gasteiger partial charge is 0.458 e. The van der Waals surface area contributed by atoms with Gasteiger partial charge in [-0.3, -0.25) is 14.4 Å². The fraction of sp³-hybridized carbons (Fsp3) is 0.689. The average Bonchev–Trinajstić information content (AvgIpc) is 3.52. The third-order valence-corrected chi connectivity index (χ3v) is 13.2. The summed E-state index contributed by atoms with van der Waals surface area (Å²) in [5.74, 6) is -4.18. The number of ether oxygens (including phenoxy) is 6. The second-order valence-corrected chi connectivity index (χ2v) is 17.9. The van der Waals surface area contributed by atoms with Crippen LogP contribution in [0.5, 0.6) is 0 Å². The number of rotatable bonds is 7. The highest BCUT2D eigenvalue weighted by Gasteiger charge is 2.57. The summed E-state index contributed by atoms with van der Waals surface area (Å²) in [7, 11) is 3.82. The van der Waals surface area contributed by atoms with Crippen LogP contribution in [0.15, 0.2) is 47.6 Å². The normalized spacial score (nSPS) is 40.0. The van der Waals surface area contributed by atoms with E-state index in [2.05, 4.69) is 17.3 Å². The molecule has 2 aromatic carbocycles. The molecule has 0 aromatic heterocycles. The molecule has 0 unspecified atom stereocenters. The number of aliphatic hydroxyl groups is 1. The number of nitrogens with zero attached hydrogens (tertiary/aromatic N) is 2. The summed E-state index contributed by atoms with van der Waals surface area (Å²) in [4.78, 5) is 49.8. The van der Waals surface area contributed by atoms with E-state index < -0.39 is 83.4 Å². The van der Waals surface area contributed by atoms with E-state index >= 15 is 0 Å². The molecule has 58 heavy (non-hydrogen) atoms. The summed E-state index contributed by atoms with van der Waals surface area (Å²) in [5, 5.41) is 18.4. The van der Waals surface area contributed by atoms with Crippen LogP contribution in [-0.4, -0.2) is 115 Å². The molecule has 6 rings (SSSR count). The molecule has 13 nitrogen and oxygen atoms in total.